The Morgan fingerprint density at radius 3 is 2.40 bits per heavy atom. The molecule has 1 amide bonds. The Balaban J connectivity index is 2.13. The Morgan fingerprint density at radius 2 is 1.84 bits per heavy atom. The number of carbonyl (C=O) groups excluding carboxylic acids is 1. The molecule has 0 saturated carbocycles. The summed E-state index contributed by atoms with van der Waals surface area (Å²) in [7, 11) is 0. The van der Waals surface area contributed by atoms with Crippen molar-refractivity contribution in [2.45, 2.75) is 13.3 Å². The fourth-order valence-corrected chi connectivity index (χ4v) is 2.55. The molecule has 2 aromatic carbocycles. The number of halogens is 2. The van der Waals surface area contributed by atoms with Crippen LogP contribution in [-0.2, 0) is 4.79 Å². The van der Waals surface area contributed by atoms with E-state index in [0.717, 1.165) is 17.7 Å². The van der Waals surface area contributed by atoms with Crippen molar-refractivity contribution in [1.82, 2.24) is 0 Å². The van der Waals surface area contributed by atoms with Crippen LogP contribution in [0.3, 0.4) is 0 Å². The van der Waals surface area contributed by atoms with E-state index < -0.39 is 5.91 Å². The maximum absolute atomic E-state index is 12.3. The lowest BCUT2D eigenvalue weighted by Gasteiger charge is -2.06. The van der Waals surface area contributed by atoms with E-state index >= 15 is 0 Å². The van der Waals surface area contributed by atoms with Crippen LogP contribution < -0.4 is 10.1 Å². The number of benzene rings is 2. The summed E-state index contributed by atoms with van der Waals surface area (Å²) in [5.74, 6) is 0.211. The van der Waals surface area contributed by atoms with Crippen LogP contribution in [0.2, 0.25) is 10.0 Å². The minimum Gasteiger partial charge on any atom is -0.494 e. The van der Waals surface area contributed by atoms with E-state index in [2.05, 4.69) is 5.32 Å². The van der Waals surface area contributed by atoms with Crippen LogP contribution in [0.5, 0.6) is 5.75 Å². The summed E-state index contributed by atoms with van der Waals surface area (Å²) in [5.41, 5.74) is 1.12. The standard InChI is InChI=1S/C19H16Cl2N2O2/c1-2-7-25-18-5-3-13(4-6-18)8-14(12-22)19(24)23-17-10-15(20)9-16(21)11-17/h3-6,8-11H,2,7H2,1H3,(H,23,24)/b14-8+. The van der Waals surface area contributed by atoms with Crippen molar-refractivity contribution < 1.29 is 9.53 Å². The van der Waals surface area contributed by atoms with Gasteiger partial charge in [-0.1, -0.05) is 42.3 Å². The first-order valence-electron chi connectivity index (χ1n) is 7.64. The fourth-order valence-electron chi connectivity index (χ4n) is 2.02. The summed E-state index contributed by atoms with van der Waals surface area (Å²) in [6.07, 6.45) is 2.43. The molecule has 0 heterocycles. The molecule has 2 rings (SSSR count). The van der Waals surface area contributed by atoms with Crippen LogP contribution in [-0.4, -0.2) is 12.5 Å². The molecule has 4 nitrogen and oxygen atoms in total. The third-order valence-electron chi connectivity index (χ3n) is 3.15. The van der Waals surface area contributed by atoms with Crippen molar-refractivity contribution in [3.8, 4) is 11.8 Å². The summed E-state index contributed by atoms with van der Waals surface area (Å²) in [6, 6.07) is 13.7. The zero-order valence-electron chi connectivity index (χ0n) is 13.6. The zero-order valence-corrected chi connectivity index (χ0v) is 15.1. The number of carbonyl (C=O) groups is 1. The van der Waals surface area contributed by atoms with E-state index in [9.17, 15) is 10.1 Å². The average molecular weight is 375 g/mol. The Bertz CT molecular complexity index is 804. The molecule has 2 aromatic rings. The number of anilines is 1. The van der Waals surface area contributed by atoms with E-state index in [1.54, 1.807) is 42.5 Å². The van der Waals surface area contributed by atoms with Gasteiger partial charge in [0.25, 0.3) is 5.91 Å². The van der Waals surface area contributed by atoms with Gasteiger partial charge < -0.3 is 10.1 Å². The van der Waals surface area contributed by atoms with Gasteiger partial charge in [-0.05, 0) is 48.4 Å². The topological polar surface area (TPSA) is 62.1 Å². The lowest BCUT2D eigenvalue weighted by Crippen LogP contribution is -2.13. The second kappa shape index (κ2) is 9.12. The first-order chi connectivity index (χ1) is 12.0. The van der Waals surface area contributed by atoms with Gasteiger partial charge in [0, 0.05) is 15.7 Å². The van der Waals surface area contributed by atoms with Gasteiger partial charge >= 0.3 is 0 Å². The monoisotopic (exact) mass is 374 g/mol. The molecular formula is C19H16Cl2N2O2. The van der Waals surface area contributed by atoms with Crippen LogP contribution in [0.15, 0.2) is 48.0 Å². The van der Waals surface area contributed by atoms with E-state index in [4.69, 9.17) is 27.9 Å². The molecule has 0 aliphatic carbocycles. The Kier molecular flexibility index (Phi) is 6.88. The van der Waals surface area contributed by atoms with Crippen molar-refractivity contribution in [3.63, 3.8) is 0 Å². The highest BCUT2D eigenvalue weighted by Gasteiger charge is 2.10. The molecule has 1 N–H and O–H groups in total. The van der Waals surface area contributed by atoms with Crippen LogP contribution >= 0.6 is 23.2 Å². The summed E-state index contributed by atoms with van der Waals surface area (Å²) < 4.78 is 5.50. The molecule has 0 bridgehead atoms. The van der Waals surface area contributed by atoms with E-state index in [1.165, 1.54) is 6.08 Å². The van der Waals surface area contributed by atoms with Gasteiger partial charge in [0.05, 0.1) is 6.61 Å². The summed E-state index contributed by atoms with van der Waals surface area (Å²) >= 11 is 11.8. The second-order valence-corrected chi connectivity index (χ2v) is 6.07. The lowest BCUT2D eigenvalue weighted by atomic mass is 10.1. The van der Waals surface area contributed by atoms with Gasteiger partial charge in [-0.3, -0.25) is 4.79 Å². The number of nitriles is 1. The maximum Gasteiger partial charge on any atom is 0.266 e. The van der Waals surface area contributed by atoms with Crippen LogP contribution in [0.1, 0.15) is 18.9 Å². The predicted molar refractivity (Wildman–Crippen MR) is 101 cm³/mol. The molecule has 0 aliphatic rings. The molecule has 0 fully saturated rings. The summed E-state index contributed by atoms with van der Waals surface area (Å²) in [4.78, 5) is 12.3. The highest BCUT2D eigenvalue weighted by molar-refractivity contribution is 6.35. The van der Waals surface area contributed by atoms with E-state index in [0.29, 0.717) is 22.3 Å². The quantitative estimate of drug-likeness (QED) is 0.549. The SMILES string of the molecule is CCCOc1ccc(/C=C(\C#N)C(=O)Nc2cc(Cl)cc(Cl)c2)cc1. The second-order valence-electron chi connectivity index (χ2n) is 5.20. The van der Waals surface area contributed by atoms with Crippen molar-refractivity contribution in [2.24, 2.45) is 0 Å². The van der Waals surface area contributed by atoms with Gasteiger partial charge in [-0.2, -0.15) is 5.26 Å². The summed E-state index contributed by atoms with van der Waals surface area (Å²) in [5, 5.41) is 12.7. The van der Waals surface area contributed by atoms with Gasteiger partial charge in [0.2, 0.25) is 0 Å². The van der Waals surface area contributed by atoms with Crippen molar-refractivity contribution in [1.29, 1.82) is 5.26 Å². The first kappa shape index (κ1) is 18.9. The van der Waals surface area contributed by atoms with E-state index in [1.807, 2.05) is 13.0 Å². The number of nitrogens with zero attached hydrogens (tertiary/aromatic N) is 1. The van der Waals surface area contributed by atoms with Crippen LogP contribution in [0, 0.1) is 11.3 Å². The molecule has 0 radical (unpaired) electrons. The van der Waals surface area contributed by atoms with E-state index in [-0.39, 0.29) is 5.57 Å². The molecule has 128 valence electrons. The van der Waals surface area contributed by atoms with Gasteiger partial charge in [-0.15, -0.1) is 0 Å². The number of ether oxygens (including phenoxy) is 1. The predicted octanol–water partition coefficient (Wildman–Crippen LogP) is 5.33. The smallest absolute Gasteiger partial charge is 0.266 e. The van der Waals surface area contributed by atoms with Gasteiger partial charge in [-0.25, -0.2) is 0 Å². The molecule has 0 unspecified atom stereocenters. The van der Waals surface area contributed by atoms with Crippen molar-refractivity contribution >= 4 is 40.9 Å². The number of hydrogen-bond acceptors (Lipinski definition) is 3. The number of rotatable bonds is 6. The molecule has 6 heteroatoms. The third kappa shape index (κ3) is 5.82. The van der Waals surface area contributed by atoms with Crippen LogP contribution in [0.4, 0.5) is 5.69 Å². The minimum absolute atomic E-state index is 0.0293. The number of nitrogens with one attached hydrogen (secondary N) is 1. The van der Waals surface area contributed by atoms with Crippen molar-refractivity contribution in [3.05, 3.63) is 63.6 Å². The zero-order chi connectivity index (χ0) is 18.2. The molecule has 0 aliphatic heterocycles. The van der Waals surface area contributed by atoms with Gasteiger partial charge in [0.15, 0.2) is 0 Å². The molecule has 0 atom stereocenters. The van der Waals surface area contributed by atoms with Crippen molar-refractivity contribution in [2.75, 3.05) is 11.9 Å². The Labute approximate surface area is 156 Å². The average Bonchev–Trinajstić information content (AvgIpc) is 2.57. The lowest BCUT2D eigenvalue weighted by molar-refractivity contribution is -0.112. The highest BCUT2D eigenvalue weighted by Crippen LogP contribution is 2.23. The Morgan fingerprint density at radius 1 is 1.20 bits per heavy atom. The molecule has 0 saturated heterocycles. The summed E-state index contributed by atoms with van der Waals surface area (Å²) in [6.45, 7) is 2.67. The fraction of sp³-hybridized carbons (Fsp3) is 0.158. The highest BCUT2D eigenvalue weighted by atomic mass is 35.5. The van der Waals surface area contributed by atoms with Crippen LogP contribution in [0.25, 0.3) is 6.08 Å². The Hall–Kier alpha value is -2.48. The molecule has 0 spiro atoms. The molecule has 0 aromatic heterocycles. The third-order valence-corrected chi connectivity index (χ3v) is 3.59. The normalized spacial score (nSPS) is 10.9. The largest absolute Gasteiger partial charge is 0.494 e. The first-order valence-corrected chi connectivity index (χ1v) is 8.39. The molecule has 25 heavy (non-hydrogen) atoms. The number of hydrogen-bond donors (Lipinski definition) is 1. The molecular weight excluding hydrogens is 359 g/mol. The maximum atomic E-state index is 12.3. The minimum atomic E-state index is -0.535. The number of amides is 1. The van der Waals surface area contributed by atoms with Gasteiger partial charge in [0.1, 0.15) is 17.4 Å².